The highest BCUT2D eigenvalue weighted by Crippen LogP contribution is 2.20. The third kappa shape index (κ3) is 4.63. The van der Waals surface area contributed by atoms with Gasteiger partial charge in [-0.3, -0.25) is 9.69 Å². The Hall–Kier alpha value is -1.42. The summed E-state index contributed by atoms with van der Waals surface area (Å²) >= 11 is 0. The first-order valence-corrected chi connectivity index (χ1v) is 6.71. The Bertz CT molecular complexity index is 421. The van der Waals surface area contributed by atoms with Gasteiger partial charge in [0, 0.05) is 0 Å². The fourth-order valence-corrected chi connectivity index (χ4v) is 1.92. The van der Waals surface area contributed by atoms with Crippen LogP contribution in [0.15, 0.2) is 18.2 Å². The van der Waals surface area contributed by atoms with Crippen molar-refractivity contribution >= 4 is 5.78 Å². The van der Waals surface area contributed by atoms with Gasteiger partial charge in [-0.05, 0) is 37.7 Å². The van der Waals surface area contributed by atoms with Crippen molar-refractivity contribution in [2.24, 2.45) is 0 Å². The van der Waals surface area contributed by atoms with E-state index in [9.17, 15) is 9.18 Å². The van der Waals surface area contributed by atoms with Crippen molar-refractivity contribution in [1.29, 1.82) is 0 Å². The van der Waals surface area contributed by atoms with Crippen LogP contribution < -0.4 is 4.74 Å². The van der Waals surface area contributed by atoms with E-state index < -0.39 is 5.82 Å². The lowest BCUT2D eigenvalue weighted by molar-refractivity contribution is 0.0929. The van der Waals surface area contributed by atoms with Gasteiger partial charge in [0.2, 0.25) is 0 Å². The molecule has 1 aromatic carbocycles. The fourth-order valence-electron chi connectivity index (χ4n) is 1.92. The normalized spacial score (nSPS) is 10.8. The average molecular weight is 267 g/mol. The zero-order valence-corrected chi connectivity index (χ0v) is 11.9. The number of methoxy groups -OCH3 is 1. The maximum absolute atomic E-state index is 13.2. The molecule has 0 bridgehead atoms. The Morgan fingerprint density at radius 3 is 2.68 bits per heavy atom. The number of nitrogens with zero attached hydrogens (tertiary/aromatic N) is 1. The largest absolute Gasteiger partial charge is 0.496 e. The van der Waals surface area contributed by atoms with E-state index in [0.29, 0.717) is 17.9 Å². The van der Waals surface area contributed by atoms with Gasteiger partial charge in [-0.25, -0.2) is 4.39 Å². The molecule has 0 heterocycles. The molecule has 1 rings (SSSR count). The Balaban J connectivity index is 2.78. The maximum Gasteiger partial charge on any atom is 0.180 e. The highest BCUT2D eigenvalue weighted by molar-refractivity contribution is 6.00. The van der Waals surface area contributed by atoms with Gasteiger partial charge in [0.15, 0.2) is 5.78 Å². The maximum atomic E-state index is 13.2. The summed E-state index contributed by atoms with van der Waals surface area (Å²) in [5.41, 5.74) is 0.317. The van der Waals surface area contributed by atoms with Crippen molar-refractivity contribution in [3.8, 4) is 5.75 Å². The lowest BCUT2D eigenvalue weighted by Gasteiger charge is -2.19. The Morgan fingerprint density at radius 1 is 1.37 bits per heavy atom. The third-order valence-corrected chi connectivity index (χ3v) is 3.10. The van der Waals surface area contributed by atoms with E-state index in [0.717, 1.165) is 25.9 Å². The van der Waals surface area contributed by atoms with E-state index in [-0.39, 0.29) is 5.78 Å². The molecule has 0 aromatic heterocycles. The SMILES string of the molecule is CCCCN(CC)CC(=O)c1cc(F)ccc1OC. The predicted molar refractivity (Wildman–Crippen MR) is 74.3 cm³/mol. The first-order chi connectivity index (χ1) is 9.12. The number of Topliss-reactive ketones (excluding diaryl/α,β-unsaturated/α-hetero) is 1. The highest BCUT2D eigenvalue weighted by atomic mass is 19.1. The minimum absolute atomic E-state index is 0.102. The molecule has 0 atom stereocenters. The van der Waals surface area contributed by atoms with Crippen LogP contribution in [0.5, 0.6) is 5.75 Å². The van der Waals surface area contributed by atoms with Gasteiger partial charge in [0.05, 0.1) is 19.2 Å². The molecule has 0 amide bonds. The van der Waals surface area contributed by atoms with Gasteiger partial charge >= 0.3 is 0 Å². The topological polar surface area (TPSA) is 29.5 Å². The van der Waals surface area contributed by atoms with Crippen molar-refractivity contribution in [3.63, 3.8) is 0 Å². The van der Waals surface area contributed by atoms with E-state index in [4.69, 9.17) is 4.74 Å². The molecule has 0 fully saturated rings. The summed E-state index contributed by atoms with van der Waals surface area (Å²) in [6.45, 7) is 6.13. The lowest BCUT2D eigenvalue weighted by atomic mass is 10.1. The van der Waals surface area contributed by atoms with Crippen LogP contribution in [-0.4, -0.2) is 37.4 Å². The molecule has 19 heavy (non-hydrogen) atoms. The number of hydrogen-bond donors (Lipinski definition) is 0. The number of carbonyl (C=O) groups excluding carboxylic acids is 1. The fraction of sp³-hybridized carbons (Fsp3) is 0.533. The van der Waals surface area contributed by atoms with E-state index in [2.05, 4.69) is 11.8 Å². The number of hydrogen-bond acceptors (Lipinski definition) is 3. The van der Waals surface area contributed by atoms with Crippen LogP contribution in [0.2, 0.25) is 0 Å². The number of unbranched alkanes of at least 4 members (excludes halogenated alkanes) is 1. The molecule has 1 aromatic rings. The van der Waals surface area contributed by atoms with Gasteiger partial charge in [0.1, 0.15) is 11.6 Å². The Labute approximate surface area is 114 Å². The van der Waals surface area contributed by atoms with Gasteiger partial charge < -0.3 is 4.74 Å². The highest BCUT2D eigenvalue weighted by Gasteiger charge is 2.16. The lowest BCUT2D eigenvalue weighted by Crippen LogP contribution is -2.31. The number of rotatable bonds is 8. The first-order valence-electron chi connectivity index (χ1n) is 6.71. The second-order valence-corrected chi connectivity index (χ2v) is 4.49. The second kappa shape index (κ2) is 7.89. The molecule has 0 spiro atoms. The van der Waals surface area contributed by atoms with Crippen LogP contribution in [0.25, 0.3) is 0 Å². The quantitative estimate of drug-likeness (QED) is 0.678. The van der Waals surface area contributed by atoms with Crippen molar-refractivity contribution in [2.75, 3.05) is 26.7 Å². The van der Waals surface area contributed by atoms with Gasteiger partial charge in [-0.2, -0.15) is 0 Å². The molecule has 3 nitrogen and oxygen atoms in total. The summed E-state index contributed by atoms with van der Waals surface area (Å²) in [7, 11) is 1.48. The standard InChI is InChI=1S/C15H22FNO2/c1-4-6-9-17(5-2)11-14(18)13-10-12(16)7-8-15(13)19-3/h7-8,10H,4-6,9,11H2,1-3H3. The molecular weight excluding hydrogens is 245 g/mol. The van der Waals surface area contributed by atoms with Crippen LogP contribution >= 0.6 is 0 Å². The van der Waals surface area contributed by atoms with E-state index >= 15 is 0 Å². The van der Waals surface area contributed by atoms with Gasteiger partial charge in [-0.15, -0.1) is 0 Å². The Morgan fingerprint density at radius 2 is 2.11 bits per heavy atom. The summed E-state index contributed by atoms with van der Waals surface area (Å²) in [6, 6.07) is 4.03. The zero-order valence-electron chi connectivity index (χ0n) is 11.9. The van der Waals surface area contributed by atoms with Crippen molar-refractivity contribution in [3.05, 3.63) is 29.6 Å². The van der Waals surface area contributed by atoms with Crippen molar-refractivity contribution in [1.82, 2.24) is 4.90 Å². The number of benzene rings is 1. The molecule has 0 aliphatic heterocycles. The third-order valence-electron chi connectivity index (χ3n) is 3.10. The molecule has 0 aliphatic rings. The summed E-state index contributed by atoms with van der Waals surface area (Å²) in [4.78, 5) is 14.3. The molecular formula is C15H22FNO2. The average Bonchev–Trinajstić information content (AvgIpc) is 2.43. The molecule has 0 aliphatic carbocycles. The van der Waals surface area contributed by atoms with Crippen molar-refractivity contribution < 1.29 is 13.9 Å². The summed E-state index contributed by atoms with van der Waals surface area (Å²) in [5.74, 6) is -0.0898. The van der Waals surface area contributed by atoms with E-state index in [1.54, 1.807) is 0 Å². The van der Waals surface area contributed by atoms with Crippen LogP contribution in [0.4, 0.5) is 4.39 Å². The molecule has 0 N–H and O–H groups in total. The molecule has 0 unspecified atom stereocenters. The number of carbonyl (C=O) groups is 1. The second-order valence-electron chi connectivity index (χ2n) is 4.49. The van der Waals surface area contributed by atoms with Crippen LogP contribution in [0.1, 0.15) is 37.0 Å². The number of likely N-dealkylation sites (N-methyl/N-ethyl adjacent to an activating group) is 1. The minimum Gasteiger partial charge on any atom is -0.496 e. The molecule has 0 saturated carbocycles. The summed E-state index contributed by atoms with van der Waals surface area (Å²) in [5, 5.41) is 0. The van der Waals surface area contributed by atoms with Crippen LogP contribution in [0, 0.1) is 5.82 Å². The number of ketones is 1. The molecule has 106 valence electrons. The number of halogens is 1. The Kier molecular flexibility index (Phi) is 6.50. The number of ether oxygens (including phenoxy) is 1. The first kappa shape index (κ1) is 15.6. The summed E-state index contributed by atoms with van der Waals surface area (Å²) < 4.78 is 18.4. The molecule has 0 saturated heterocycles. The van der Waals surface area contributed by atoms with Crippen LogP contribution in [0.3, 0.4) is 0 Å². The van der Waals surface area contributed by atoms with Gasteiger partial charge in [0.25, 0.3) is 0 Å². The van der Waals surface area contributed by atoms with Crippen molar-refractivity contribution in [2.45, 2.75) is 26.7 Å². The molecule has 4 heteroatoms. The minimum atomic E-state index is -0.416. The van der Waals surface area contributed by atoms with Gasteiger partial charge in [-0.1, -0.05) is 20.3 Å². The summed E-state index contributed by atoms with van der Waals surface area (Å²) in [6.07, 6.45) is 2.15. The predicted octanol–water partition coefficient (Wildman–Crippen LogP) is 3.14. The van der Waals surface area contributed by atoms with E-state index in [1.807, 2.05) is 6.92 Å². The van der Waals surface area contributed by atoms with E-state index in [1.165, 1.54) is 25.3 Å². The van der Waals surface area contributed by atoms with Crippen LogP contribution in [-0.2, 0) is 0 Å². The molecule has 0 radical (unpaired) electrons. The monoisotopic (exact) mass is 267 g/mol. The smallest absolute Gasteiger partial charge is 0.180 e. The zero-order chi connectivity index (χ0) is 14.3.